The van der Waals surface area contributed by atoms with Crippen molar-refractivity contribution in [2.24, 2.45) is 0 Å². The number of hydrogen-bond donors (Lipinski definition) is 2. The molecule has 2 N–H and O–H groups in total. The molecule has 0 unspecified atom stereocenters. The molecule has 0 fully saturated rings. The molecule has 0 spiro atoms. The van der Waals surface area contributed by atoms with Gasteiger partial charge in [0.1, 0.15) is 23.9 Å². The largest absolute Gasteiger partial charge is 0.486 e. The van der Waals surface area contributed by atoms with Crippen LogP contribution in [0.5, 0.6) is 5.75 Å². The first-order valence-corrected chi connectivity index (χ1v) is 8.23. The standard InChI is InChI=1S/C19H14ClFN2O4/c20-16-10-12(21)6-8-15(16)18(24)22-23-19(25)17-9-7-14(27-17)11-26-13-4-2-1-3-5-13/h1-10H,11H2,(H,22,24)(H,23,25). The Morgan fingerprint density at radius 1 is 1.00 bits per heavy atom. The smallest absolute Gasteiger partial charge is 0.305 e. The molecule has 6 nitrogen and oxygen atoms in total. The van der Waals surface area contributed by atoms with Gasteiger partial charge in [0.25, 0.3) is 5.91 Å². The number of furan rings is 1. The summed E-state index contributed by atoms with van der Waals surface area (Å²) >= 11 is 5.80. The molecule has 2 amide bonds. The fourth-order valence-corrected chi connectivity index (χ4v) is 2.42. The fraction of sp³-hybridized carbons (Fsp3) is 0.0526. The lowest BCUT2D eigenvalue weighted by Gasteiger charge is -2.07. The molecule has 0 aliphatic rings. The van der Waals surface area contributed by atoms with Crippen molar-refractivity contribution >= 4 is 23.4 Å². The molecule has 0 atom stereocenters. The van der Waals surface area contributed by atoms with Crippen LogP contribution in [-0.4, -0.2) is 11.8 Å². The van der Waals surface area contributed by atoms with E-state index in [1.807, 2.05) is 18.2 Å². The van der Waals surface area contributed by atoms with E-state index in [9.17, 15) is 14.0 Å². The summed E-state index contributed by atoms with van der Waals surface area (Å²) in [6, 6.07) is 15.5. The molecule has 3 aromatic rings. The van der Waals surface area contributed by atoms with Crippen molar-refractivity contribution in [1.29, 1.82) is 0 Å². The van der Waals surface area contributed by atoms with Gasteiger partial charge in [-0.25, -0.2) is 4.39 Å². The van der Waals surface area contributed by atoms with E-state index in [4.69, 9.17) is 20.8 Å². The van der Waals surface area contributed by atoms with E-state index in [-0.39, 0.29) is 23.0 Å². The first kappa shape index (κ1) is 18.5. The Kier molecular flexibility index (Phi) is 5.73. The molecule has 0 aliphatic heterocycles. The highest BCUT2D eigenvalue weighted by molar-refractivity contribution is 6.33. The molecule has 0 aliphatic carbocycles. The van der Waals surface area contributed by atoms with Gasteiger partial charge in [-0.05, 0) is 42.5 Å². The van der Waals surface area contributed by atoms with Crippen LogP contribution in [0.3, 0.4) is 0 Å². The minimum atomic E-state index is -0.687. The molecular weight excluding hydrogens is 375 g/mol. The van der Waals surface area contributed by atoms with Crippen molar-refractivity contribution in [2.75, 3.05) is 0 Å². The molecule has 27 heavy (non-hydrogen) atoms. The van der Waals surface area contributed by atoms with E-state index in [0.717, 1.165) is 12.1 Å². The fourth-order valence-electron chi connectivity index (χ4n) is 2.16. The number of ether oxygens (including phenoxy) is 1. The van der Waals surface area contributed by atoms with Crippen LogP contribution in [0.25, 0.3) is 0 Å². The number of amides is 2. The number of carbonyl (C=O) groups is 2. The van der Waals surface area contributed by atoms with Crippen LogP contribution in [0.1, 0.15) is 26.7 Å². The monoisotopic (exact) mass is 388 g/mol. The Balaban J connectivity index is 1.54. The second-order valence-electron chi connectivity index (χ2n) is 5.40. The van der Waals surface area contributed by atoms with Crippen molar-refractivity contribution in [3.05, 3.63) is 88.6 Å². The number of benzene rings is 2. The van der Waals surface area contributed by atoms with Crippen LogP contribution in [0.4, 0.5) is 4.39 Å². The third-order valence-electron chi connectivity index (χ3n) is 3.48. The van der Waals surface area contributed by atoms with Gasteiger partial charge in [0.2, 0.25) is 0 Å². The molecule has 0 bridgehead atoms. The van der Waals surface area contributed by atoms with Crippen LogP contribution < -0.4 is 15.6 Å². The second-order valence-corrected chi connectivity index (χ2v) is 5.81. The summed E-state index contributed by atoms with van der Waals surface area (Å²) in [5.41, 5.74) is 4.41. The topological polar surface area (TPSA) is 80.6 Å². The molecule has 0 saturated heterocycles. The lowest BCUT2D eigenvalue weighted by molar-refractivity contribution is 0.0828. The van der Waals surface area contributed by atoms with Crippen molar-refractivity contribution in [3.8, 4) is 5.75 Å². The quantitative estimate of drug-likeness (QED) is 0.653. The lowest BCUT2D eigenvalue weighted by Crippen LogP contribution is -2.41. The zero-order chi connectivity index (χ0) is 19.2. The van der Waals surface area contributed by atoms with Gasteiger partial charge in [0.05, 0.1) is 10.6 Å². The van der Waals surface area contributed by atoms with E-state index in [0.29, 0.717) is 11.5 Å². The third-order valence-corrected chi connectivity index (χ3v) is 3.79. The van der Waals surface area contributed by atoms with Crippen molar-refractivity contribution in [3.63, 3.8) is 0 Å². The highest BCUT2D eigenvalue weighted by Crippen LogP contribution is 2.17. The second kappa shape index (κ2) is 8.37. The number of halogens is 2. The summed E-state index contributed by atoms with van der Waals surface area (Å²) in [5, 5.41) is -0.0694. The molecule has 8 heteroatoms. The van der Waals surface area contributed by atoms with E-state index in [2.05, 4.69) is 10.9 Å². The molecule has 138 valence electrons. The highest BCUT2D eigenvalue weighted by atomic mass is 35.5. The zero-order valence-electron chi connectivity index (χ0n) is 13.9. The molecular formula is C19H14ClFN2O4. The summed E-state index contributed by atoms with van der Waals surface area (Å²) in [6.45, 7) is 0.148. The van der Waals surface area contributed by atoms with E-state index < -0.39 is 17.6 Å². The summed E-state index contributed by atoms with van der Waals surface area (Å²) in [5.74, 6) is -0.811. The number of hydrogen-bond acceptors (Lipinski definition) is 4. The lowest BCUT2D eigenvalue weighted by atomic mass is 10.2. The predicted molar refractivity (Wildman–Crippen MR) is 95.8 cm³/mol. The molecule has 0 saturated carbocycles. The maximum atomic E-state index is 13.0. The number of hydrazine groups is 1. The Morgan fingerprint density at radius 3 is 2.48 bits per heavy atom. The Morgan fingerprint density at radius 2 is 1.74 bits per heavy atom. The normalized spacial score (nSPS) is 10.3. The number of nitrogens with one attached hydrogen (secondary N) is 2. The van der Waals surface area contributed by atoms with Crippen LogP contribution >= 0.6 is 11.6 Å². The van der Waals surface area contributed by atoms with Crippen LogP contribution in [0.2, 0.25) is 5.02 Å². The van der Waals surface area contributed by atoms with E-state index in [1.54, 1.807) is 18.2 Å². The van der Waals surface area contributed by atoms with Crippen molar-refractivity contribution < 1.29 is 23.1 Å². The Hall–Kier alpha value is -3.32. The summed E-state index contributed by atoms with van der Waals surface area (Å²) < 4.78 is 23.9. The van der Waals surface area contributed by atoms with Gasteiger partial charge in [0.15, 0.2) is 5.76 Å². The minimum absolute atomic E-state index is 0.00725. The van der Waals surface area contributed by atoms with Gasteiger partial charge in [-0.1, -0.05) is 29.8 Å². The minimum Gasteiger partial charge on any atom is -0.486 e. The van der Waals surface area contributed by atoms with Crippen LogP contribution in [-0.2, 0) is 6.61 Å². The van der Waals surface area contributed by atoms with Gasteiger partial charge in [-0.3, -0.25) is 20.4 Å². The van der Waals surface area contributed by atoms with Gasteiger partial charge in [-0.2, -0.15) is 0 Å². The first-order valence-electron chi connectivity index (χ1n) is 7.85. The zero-order valence-corrected chi connectivity index (χ0v) is 14.6. The number of rotatable bonds is 5. The molecule has 0 radical (unpaired) electrons. The van der Waals surface area contributed by atoms with Crippen LogP contribution in [0.15, 0.2) is 65.1 Å². The van der Waals surface area contributed by atoms with Crippen LogP contribution in [0, 0.1) is 5.82 Å². The maximum absolute atomic E-state index is 13.0. The molecule has 2 aromatic carbocycles. The number of carbonyl (C=O) groups excluding carboxylic acids is 2. The van der Waals surface area contributed by atoms with Crippen molar-refractivity contribution in [1.82, 2.24) is 10.9 Å². The highest BCUT2D eigenvalue weighted by Gasteiger charge is 2.15. The summed E-state index contributed by atoms with van der Waals surface area (Å²) in [7, 11) is 0. The van der Waals surface area contributed by atoms with E-state index >= 15 is 0 Å². The van der Waals surface area contributed by atoms with Gasteiger partial charge >= 0.3 is 5.91 Å². The molecule has 1 aromatic heterocycles. The Bertz CT molecular complexity index is 959. The SMILES string of the molecule is O=C(NNC(=O)c1ccc(F)cc1Cl)c1ccc(COc2ccccc2)o1. The Labute approximate surface area is 158 Å². The van der Waals surface area contributed by atoms with E-state index in [1.165, 1.54) is 12.1 Å². The van der Waals surface area contributed by atoms with Gasteiger partial charge in [-0.15, -0.1) is 0 Å². The molecule has 3 rings (SSSR count). The number of para-hydroxylation sites is 1. The van der Waals surface area contributed by atoms with Crippen molar-refractivity contribution in [2.45, 2.75) is 6.61 Å². The summed E-state index contributed by atoms with van der Waals surface area (Å²) in [6.07, 6.45) is 0. The molecule has 1 heterocycles. The summed E-state index contributed by atoms with van der Waals surface area (Å²) in [4.78, 5) is 24.0. The van der Waals surface area contributed by atoms with Gasteiger partial charge < -0.3 is 9.15 Å². The third kappa shape index (κ3) is 4.86. The van der Waals surface area contributed by atoms with Gasteiger partial charge in [0, 0.05) is 0 Å². The average molecular weight is 389 g/mol. The predicted octanol–water partition coefficient (Wildman–Crippen LogP) is 3.73. The average Bonchev–Trinajstić information content (AvgIpc) is 3.14. The first-order chi connectivity index (χ1) is 13.0. The maximum Gasteiger partial charge on any atom is 0.305 e.